The van der Waals surface area contributed by atoms with Gasteiger partial charge >= 0.3 is 0 Å². The van der Waals surface area contributed by atoms with E-state index in [4.69, 9.17) is 27.9 Å². The van der Waals surface area contributed by atoms with E-state index in [9.17, 15) is 15.0 Å². The fraction of sp³-hybridized carbons (Fsp3) is 0.0667. The van der Waals surface area contributed by atoms with Crippen molar-refractivity contribution in [3.05, 3.63) is 48.8 Å². The Labute approximate surface area is 169 Å². The number of phenolic OH excluding ortho intramolecular Hbond substituents is 2. The van der Waals surface area contributed by atoms with Gasteiger partial charge in [-0.15, -0.1) is 0 Å². The summed E-state index contributed by atoms with van der Waals surface area (Å²) in [6, 6.07) is 6.07. The summed E-state index contributed by atoms with van der Waals surface area (Å²) in [6.45, 7) is -0.312. The number of phenols is 2. The fourth-order valence-electron chi connectivity index (χ4n) is 1.66. The van der Waals surface area contributed by atoms with E-state index in [1.807, 2.05) is 0 Å². The Morgan fingerprint density at radius 3 is 2.64 bits per heavy atom. The molecule has 0 aliphatic rings. The molecule has 10 heteroatoms. The molecule has 2 aromatic rings. The maximum atomic E-state index is 11.7. The zero-order valence-electron chi connectivity index (χ0n) is 12.3. The number of nitrogens with one attached hydrogen (secondary N) is 1. The van der Waals surface area contributed by atoms with Gasteiger partial charge in [0.25, 0.3) is 5.91 Å². The molecule has 0 atom stereocenters. The molecule has 0 heterocycles. The number of ether oxygens (including phenoxy) is 1. The normalized spacial score (nSPS) is 10.9. The molecule has 0 fully saturated rings. The number of aromatic hydroxyl groups is 2. The van der Waals surface area contributed by atoms with Gasteiger partial charge in [-0.25, -0.2) is 5.43 Å². The number of hydrogen-bond acceptors (Lipinski definition) is 5. The number of rotatable bonds is 5. The number of carbonyl (C=O) groups is 1. The molecule has 0 bridgehead atoms. The van der Waals surface area contributed by atoms with Gasteiger partial charge in [-0.2, -0.15) is 5.10 Å². The van der Waals surface area contributed by atoms with Crippen molar-refractivity contribution in [2.75, 3.05) is 6.61 Å². The van der Waals surface area contributed by atoms with Crippen LogP contribution in [0, 0.1) is 0 Å². The number of hydrogen-bond donors (Lipinski definition) is 3. The van der Waals surface area contributed by atoms with E-state index < -0.39 is 5.91 Å². The van der Waals surface area contributed by atoms with Crippen LogP contribution >= 0.6 is 55.1 Å². The minimum atomic E-state index is -0.529. The van der Waals surface area contributed by atoms with Crippen LogP contribution in [-0.4, -0.2) is 28.9 Å². The van der Waals surface area contributed by atoms with E-state index in [1.54, 1.807) is 12.1 Å². The Morgan fingerprint density at radius 2 is 1.96 bits per heavy atom. The third-order valence-electron chi connectivity index (χ3n) is 2.84. The van der Waals surface area contributed by atoms with Gasteiger partial charge in [-0.05, 0) is 56.1 Å². The minimum absolute atomic E-state index is 0.107. The zero-order valence-corrected chi connectivity index (χ0v) is 16.9. The number of hydrazone groups is 1. The first kappa shape index (κ1) is 19.8. The first-order chi connectivity index (χ1) is 11.8. The summed E-state index contributed by atoms with van der Waals surface area (Å²) in [4.78, 5) is 11.7. The molecule has 132 valence electrons. The molecular weight excluding hydrogens is 503 g/mol. The molecule has 1 amide bonds. The lowest BCUT2D eigenvalue weighted by molar-refractivity contribution is -0.123. The maximum absolute atomic E-state index is 11.7. The smallest absolute Gasteiger partial charge is 0.277 e. The van der Waals surface area contributed by atoms with Gasteiger partial charge in [0.05, 0.1) is 15.7 Å². The summed E-state index contributed by atoms with van der Waals surface area (Å²) < 4.78 is 5.72. The summed E-state index contributed by atoms with van der Waals surface area (Å²) in [5.74, 6) is -0.581. The van der Waals surface area contributed by atoms with Crippen molar-refractivity contribution in [2.24, 2.45) is 5.10 Å². The average Bonchev–Trinajstić information content (AvgIpc) is 2.56. The van der Waals surface area contributed by atoms with Crippen molar-refractivity contribution in [1.29, 1.82) is 0 Å². The summed E-state index contributed by atoms with van der Waals surface area (Å²) in [5.41, 5.74) is 2.52. The first-order valence-electron chi connectivity index (χ1n) is 6.59. The van der Waals surface area contributed by atoms with Gasteiger partial charge < -0.3 is 14.9 Å². The van der Waals surface area contributed by atoms with Crippen molar-refractivity contribution in [3.8, 4) is 17.2 Å². The molecule has 0 aromatic heterocycles. The summed E-state index contributed by atoms with van der Waals surface area (Å²) in [7, 11) is 0. The van der Waals surface area contributed by atoms with Gasteiger partial charge in [0.15, 0.2) is 6.61 Å². The lowest BCUT2D eigenvalue weighted by Crippen LogP contribution is -2.24. The fourth-order valence-corrected chi connectivity index (χ4v) is 3.27. The van der Waals surface area contributed by atoms with Crippen LogP contribution in [0.4, 0.5) is 0 Å². The van der Waals surface area contributed by atoms with Crippen LogP contribution in [0.3, 0.4) is 0 Å². The molecular formula is C15H10Br2Cl2N2O4. The van der Waals surface area contributed by atoms with Crippen LogP contribution in [-0.2, 0) is 4.79 Å². The third kappa shape index (κ3) is 5.24. The standard InChI is InChI=1S/C15H10Br2Cl2N2O4/c16-9-3-7(14(23)13(17)15(9)24)5-20-21-12(22)6-25-11-2-1-8(18)4-10(11)19/h1-5,23-24H,6H2,(H,21,22)/b20-5+. The highest BCUT2D eigenvalue weighted by atomic mass is 79.9. The summed E-state index contributed by atoms with van der Waals surface area (Å²) >= 11 is 17.9. The van der Waals surface area contributed by atoms with E-state index in [0.717, 1.165) is 0 Å². The highest BCUT2D eigenvalue weighted by molar-refractivity contribution is 9.11. The highest BCUT2D eigenvalue weighted by Gasteiger charge is 2.13. The van der Waals surface area contributed by atoms with Gasteiger partial charge in [0, 0.05) is 10.6 Å². The van der Waals surface area contributed by atoms with E-state index in [0.29, 0.717) is 15.2 Å². The Balaban J connectivity index is 1.95. The maximum Gasteiger partial charge on any atom is 0.277 e. The molecule has 3 N–H and O–H groups in total. The molecule has 6 nitrogen and oxygen atoms in total. The van der Waals surface area contributed by atoms with Crippen LogP contribution < -0.4 is 10.2 Å². The van der Waals surface area contributed by atoms with E-state index >= 15 is 0 Å². The van der Waals surface area contributed by atoms with E-state index in [1.165, 1.54) is 18.3 Å². The van der Waals surface area contributed by atoms with Crippen molar-refractivity contribution in [3.63, 3.8) is 0 Å². The van der Waals surface area contributed by atoms with Crippen LogP contribution in [0.25, 0.3) is 0 Å². The van der Waals surface area contributed by atoms with Crippen LogP contribution in [0.5, 0.6) is 17.2 Å². The minimum Gasteiger partial charge on any atom is -0.506 e. The second-order valence-electron chi connectivity index (χ2n) is 4.62. The number of carbonyl (C=O) groups excluding carboxylic acids is 1. The van der Waals surface area contributed by atoms with Gasteiger partial charge in [-0.1, -0.05) is 23.2 Å². The molecule has 0 radical (unpaired) electrons. The Kier molecular flexibility index (Phi) is 6.95. The monoisotopic (exact) mass is 510 g/mol. The lowest BCUT2D eigenvalue weighted by atomic mass is 10.2. The molecule has 0 unspecified atom stereocenters. The largest absolute Gasteiger partial charge is 0.506 e. The van der Waals surface area contributed by atoms with Crippen molar-refractivity contribution in [2.45, 2.75) is 0 Å². The van der Waals surface area contributed by atoms with Gasteiger partial charge in [-0.3, -0.25) is 4.79 Å². The number of nitrogens with zero attached hydrogens (tertiary/aromatic N) is 1. The average molecular weight is 513 g/mol. The Morgan fingerprint density at radius 1 is 1.24 bits per heavy atom. The second kappa shape index (κ2) is 8.75. The SMILES string of the molecule is O=C(COc1ccc(Cl)cc1Cl)N/N=C/c1cc(Br)c(O)c(Br)c1O. The summed E-state index contributed by atoms with van der Waals surface area (Å²) in [6.07, 6.45) is 1.22. The van der Waals surface area contributed by atoms with Crippen molar-refractivity contribution >= 4 is 67.2 Å². The quantitative estimate of drug-likeness (QED) is 0.407. The number of benzene rings is 2. The second-order valence-corrected chi connectivity index (χ2v) is 7.11. The lowest BCUT2D eigenvalue weighted by Gasteiger charge is -2.07. The number of halogens is 4. The van der Waals surface area contributed by atoms with Crippen molar-refractivity contribution in [1.82, 2.24) is 5.43 Å². The van der Waals surface area contributed by atoms with Gasteiger partial charge in [0.2, 0.25) is 0 Å². The summed E-state index contributed by atoms with van der Waals surface area (Å²) in [5, 5.41) is 24.0. The number of amides is 1. The van der Waals surface area contributed by atoms with Gasteiger partial charge in [0.1, 0.15) is 21.7 Å². The molecule has 0 aliphatic carbocycles. The molecule has 0 aliphatic heterocycles. The van der Waals surface area contributed by atoms with E-state index in [2.05, 4.69) is 42.4 Å². The zero-order chi connectivity index (χ0) is 18.6. The first-order valence-corrected chi connectivity index (χ1v) is 8.93. The third-order valence-corrected chi connectivity index (χ3v) is 4.73. The molecule has 25 heavy (non-hydrogen) atoms. The van der Waals surface area contributed by atoms with Crippen LogP contribution in [0.2, 0.25) is 10.0 Å². The van der Waals surface area contributed by atoms with Crippen molar-refractivity contribution < 1.29 is 19.7 Å². The molecule has 2 rings (SSSR count). The van der Waals surface area contributed by atoms with Crippen LogP contribution in [0.1, 0.15) is 5.56 Å². The highest BCUT2D eigenvalue weighted by Crippen LogP contribution is 2.40. The Hall–Kier alpha value is -1.48. The predicted molar refractivity (Wildman–Crippen MR) is 103 cm³/mol. The predicted octanol–water partition coefficient (Wildman–Crippen LogP) is 4.46. The van der Waals surface area contributed by atoms with E-state index in [-0.39, 0.29) is 33.2 Å². The van der Waals surface area contributed by atoms with Crippen LogP contribution in [0.15, 0.2) is 38.3 Å². The Bertz CT molecular complexity index is 847. The molecule has 2 aromatic carbocycles. The molecule has 0 spiro atoms. The topological polar surface area (TPSA) is 91.2 Å². The molecule has 0 saturated carbocycles. The molecule has 0 saturated heterocycles.